The predicted octanol–water partition coefficient (Wildman–Crippen LogP) is 2.96. The summed E-state index contributed by atoms with van der Waals surface area (Å²) >= 11 is 0. The van der Waals surface area contributed by atoms with Crippen molar-refractivity contribution in [3.63, 3.8) is 0 Å². The summed E-state index contributed by atoms with van der Waals surface area (Å²) in [5.74, 6) is 1.53. The van der Waals surface area contributed by atoms with Crippen LogP contribution >= 0.6 is 0 Å². The van der Waals surface area contributed by atoms with E-state index < -0.39 is 5.60 Å². The lowest BCUT2D eigenvalue weighted by Gasteiger charge is -2.18. The highest BCUT2D eigenvalue weighted by Crippen LogP contribution is 2.27. The third-order valence-corrected chi connectivity index (χ3v) is 4.78. The zero-order valence-corrected chi connectivity index (χ0v) is 16.8. The van der Waals surface area contributed by atoms with Crippen molar-refractivity contribution in [2.24, 2.45) is 7.05 Å². The Balaban J connectivity index is 1.71. The molecule has 0 aliphatic rings. The first-order valence-electron chi connectivity index (χ1n) is 9.50. The number of nitrogens with zero attached hydrogens (tertiary/aromatic N) is 6. The minimum absolute atomic E-state index is 0.387. The van der Waals surface area contributed by atoms with Crippen LogP contribution in [0.25, 0.3) is 22.3 Å². The molecule has 1 aromatic carbocycles. The second-order valence-electron chi connectivity index (χ2n) is 8.02. The summed E-state index contributed by atoms with van der Waals surface area (Å²) in [5.41, 5.74) is 2.41. The second kappa shape index (κ2) is 6.91. The zero-order valence-electron chi connectivity index (χ0n) is 16.8. The van der Waals surface area contributed by atoms with Crippen molar-refractivity contribution in [1.29, 1.82) is 0 Å². The van der Waals surface area contributed by atoms with E-state index in [4.69, 9.17) is 10.1 Å². The zero-order chi connectivity index (χ0) is 19.9. The third kappa shape index (κ3) is 3.71. The molecule has 4 aromatic rings. The molecule has 3 heterocycles. The Hall–Kier alpha value is -2.93. The van der Waals surface area contributed by atoms with Crippen molar-refractivity contribution in [2.45, 2.75) is 45.9 Å². The number of aryl methyl sites for hydroxylation is 4. The maximum atomic E-state index is 10.3. The molecular weight excluding hydrogens is 352 g/mol. The molecule has 7 heteroatoms. The Morgan fingerprint density at radius 1 is 1.18 bits per heavy atom. The summed E-state index contributed by atoms with van der Waals surface area (Å²) in [5, 5.41) is 20.6. The van der Waals surface area contributed by atoms with Crippen LogP contribution < -0.4 is 0 Å². The summed E-state index contributed by atoms with van der Waals surface area (Å²) in [7, 11) is 2.03. The van der Waals surface area contributed by atoms with Gasteiger partial charge in [-0.1, -0.05) is 12.1 Å². The average molecular weight is 378 g/mol. The predicted molar refractivity (Wildman–Crippen MR) is 109 cm³/mol. The van der Waals surface area contributed by atoms with E-state index in [1.165, 1.54) is 0 Å². The Kier molecular flexibility index (Phi) is 4.55. The molecule has 0 bridgehead atoms. The number of aliphatic hydroxyl groups is 1. The fourth-order valence-corrected chi connectivity index (χ4v) is 3.47. The minimum atomic E-state index is -0.874. The van der Waals surface area contributed by atoms with Crippen molar-refractivity contribution < 1.29 is 5.11 Å². The highest BCUT2D eigenvalue weighted by Gasteiger charge is 2.20. The van der Waals surface area contributed by atoms with Gasteiger partial charge < -0.3 is 9.67 Å². The molecule has 0 spiro atoms. The molecule has 0 saturated heterocycles. The maximum absolute atomic E-state index is 10.3. The Morgan fingerprint density at radius 2 is 2.00 bits per heavy atom. The van der Waals surface area contributed by atoms with E-state index in [0.717, 1.165) is 27.9 Å². The molecule has 0 radical (unpaired) electrons. The topological polar surface area (TPSA) is 73.7 Å². The van der Waals surface area contributed by atoms with E-state index in [1.54, 1.807) is 13.8 Å². The quantitative estimate of drug-likeness (QED) is 0.560. The summed E-state index contributed by atoms with van der Waals surface area (Å²) in [6.45, 7) is 6.70. The monoisotopic (exact) mass is 378 g/mol. The first-order chi connectivity index (χ1) is 13.3. The van der Waals surface area contributed by atoms with Crippen molar-refractivity contribution >= 4 is 10.9 Å². The lowest BCUT2D eigenvalue weighted by Crippen LogP contribution is -2.28. The SMILES string of the molecule is Cc1cnn(CCc2nc(-c3cccc4c3ccn4C)nn2CC(C)(C)O)c1. The first-order valence-corrected chi connectivity index (χ1v) is 9.50. The highest BCUT2D eigenvalue weighted by molar-refractivity contribution is 5.93. The van der Waals surface area contributed by atoms with Crippen LogP contribution in [0.2, 0.25) is 0 Å². The fourth-order valence-electron chi connectivity index (χ4n) is 3.47. The van der Waals surface area contributed by atoms with Crippen LogP contribution in [0.1, 0.15) is 25.2 Å². The van der Waals surface area contributed by atoms with Crippen LogP contribution in [-0.2, 0) is 26.6 Å². The van der Waals surface area contributed by atoms with Crippen LogP contribution in [0.4, 0.5) is 0 Å². The molecule has 4 rings (SSSR count). The molecule has 0 aliphatic carbocycles. The summed E-state index contributed by atoms with van der Waals surface area (Å²) in [6.07, 6.45) is 6.60. The van der Waals surface area contributed by atoms with E-state index in [0.29, 0.717) is 25.3 Å². The molecule has 146 valence electrons. The molecule has 0 unspecified atom stereocenters. The number of fused-ring (bicyclic) bond motifs is 1. The van der Waals surface area contributed by atoms with E-state index in [1.807, 2.05) is 54.1 Å². The highest BCUT2D eigenvalue weighted by atomic mass is 16.3. The van der Waals surface area contributed by atoms with E-state index in [2.05, 4.69) is 21.8 Å². The van der Waals surface area contributed by atoms with Gasteiger partial charge in [-0.25, -0.2) is 9.67 Å². The van der Waals surface area contributed by atoms with Crippen LogP contribution in [0.5, 0.6) is 0 Å². The number of hydrogen-bond donors (Lipinski definition) is 1. The number of benzene rings is 1. The van der Waals surface area contributed by atoms with Crippen molar-refractivity contribution in [1.82, 2.24) is 29.1 Å². The van der Waals surface area contributed by atoms with Gasteiger partial charge in [-0.05, 0) is 38.5 Å². The lowest BCUT2D eigenvalue weighted by molar-refractivity contribution is 0.0566. The second-order valence-corrected chi connectivity index (χ2v) is 8.02. The summed E-state index contributed by atoms with van der Waals surface area (Å²) in [6, 6.07) is 8.26. The smallest absolute Gasteiger partial charge is 0.182 e. The molecule has 7 nitrogen and oxygen atoms in total. The van der Waals surface area contributed by atoms with Gasteiger partial charge in [0.2, 0.25) is 0 Å². The Morgan fingerprint density at radius 3 is 2.71 bits per heavy atom. The van der Waals surface area contributed by atoms with Gasteiger partial charge >= 0.3 is 0 Å². The molecule has 0 saturated carbocycles. The summed E-state index contributed by atoms with van der Waals surface area (Å²) < 4.78 is 5.83. The largest absolute Gasteiger partial charge is 0.389 e. The van der Waals surface area contributed by atoms with Crippen molar-refractivity contribution in [2.75, 3.05) is 0 Å². The van der Waals surface area contributed by atoms with E-state index >= 15 is 0 Å². The third-order valence-electron chi connectivity index (χ3n) is 4.78. The normalized spacial score (nSPS) is 12.2. The lowest BCUT2D eigenvalue weighted by atomic mass is 10.1. The van der Waals surface area contributed by atoms with Gasteiger partial charge in [-0.2, -0.15) is 10.2 Å². The molecule has 0 amide bonds. The molecular formula is C21H26N6O. The number of hydrogen-bond acceptors (Lipinski definition) is 4. The van der Waals surface area contributed by atoms with Crippen molar-refractivity contribution in [3.8, 4) is 11.4 Å². The molecule has 28 heavy (non-hydrogen) atoms. The molecule has 0 aliphatic heterocycles. The maximum Gasteiger partial charge on any atom is 0.182 e. The standard InChI is InChI=1S/C21H26N6O/c1-15-12-22-26(13-15)11-9-19-23-20(24-27(19)14-21(2,3)28)17-6-5-7-18-16(17)8-10-25(18)4/h5-8,10,12-13,28H,9,11,14H2,1-4H3. The van der Waals surface area contributed by atoms with Gasteiger partial charge in [-0.3, -0.25) is 4.68 Å². The molecule has 0 fully saturated rings. The van der Waals surface area contributed by atoms with Crippen LogP contribution in [0.3, 0.4) is 0 Å². The van der Waals surface area contributed by atoms with Gasteiger partial charge in [0.05, 0.1) is 18.3 Å². The summed E-state index contributed by atoms with van der Waals surface area (Å²) in [4.78, 5) is 4.84. The fraction of sp³-hybridized carbons (Fsp3) is 0.381. The Bertz CT molecular complexity index is 1110. The van der Waals surface area contributed by atoms with Crippen molar-refractivity contribution in [3.05, 3.63) is 54.2 Å². The van der Waals surface area contributed by atoms with Crippen LogP contribution in [0.15, 0.2) is 42.9 Å². The van der Waals surface area contributed by atoms with Gasteiger partial charge in [0.25, 0.3) is 0 Å². The van der Waals surface area contributed by atoms with E-state index in [-0.39, 0.29) is 0 Å². The molecule has 3 aromatic heterocycles. The molecule has 0 atom stereocenters. The van der Waals surface area contributed by atoms with Gasteiger partial charge in [-0.15, -0.1) is 0 Å². The number of aromatic nitrogens is 6. The van der Waals surface area contributed by atoms with Gasteiger partial charge in [0.1, 0.15) is 5.82 Å². The number of rotatable bonds is 6. The first kappa shape index (κ1) is 18.4. The van der Waals surface area contributed by atoms with Crippen LogP contribution in [-0.4, -0.2) is 39.8 Å². The van der Waals surface area contributed by atoms with Gasteiger partial charge in [0.15, 0.2) is 5.82 Å². The minimum Gasteiger partial charge on any atom is -0.389 e. The van der Waals surface area contributed by atoms with E-state index in [9.17, 15) is 5.11 Å². The molecule has 1 N–H and O–H groups in total. The average Bonchev–Trinajstić information content (AvgIpc) is 3.31. The van der Waals surface area contributed by atoms with Gasteiger partial charge in [0, 0.05) is 48.9 Å². The van der Waals surface area contributed by atoms with Crippen LogP contribution in [0, 0.1) is 6.92 Å². The Labute approximate surface area is 164 Å².